The lowest BCUT2D eigenvalue weighted by Crippen LogP contribution is -2.18. The normalized spacial score (nSPS) is 17.4. The van der Waals surface area contributed by atoms with E-state index in [9.17, 15) is 48.4 Å². The molecule has 0 bridgehead atoms. The molecule has 1 saturated heterocycles. The molecule has 13 heteroatoms. The van der Waals surface area contributed by atoms with Crippen LogP contribution < -0.4 is 4.94 Å². The summed E-state index contributed by atoms with van der Waals surface area (Å²) in [6.07, 6.45) is -4.04. The fourth-order valence-corrected chi connectivity index (χ4v) is 3.94. The molecule has 1 fully saturated rings. The summed E-state index contributed by atoms with van der Waals surface area (Å²) < 4.78 is 147. The minimum absolute atomic E-state index is 0.103. The van der Waals surface area contributed by atoms with Crippen LogP contribution in [0.5, 0.6) is 5.75 Å². The topological polar surface area (TPSA) is 18.5 Å². The van der Waals surface area contributed by atoms with Gasteiger partial charge in [0.15, 0.2) is 5.75 Å². The highest BCUT2D eigenvalue weighted by Gasteiger charge is 2.38. The number of hydrogen-bond acceptors (Lipinski definition) is 2. The van der Waals surface area contributed by atoms with E-state index in [1.165, 1.54) is 0 Å². The molecule has 2 nitrogen and oxygen atoms in total. The Bertz CT molecular complexity index is 1250. The zero-order valence-corrected chi connectivity index (χ0v) is 19.9. The summed E-state index contributed by atoms with van der Waals surface area (Å²) >= 11 is 0. The Kier molecular flexibility index (Phi) is 9.47. The van der Waals surface area contributed by atoms with Gasteiger partial charge < -0.3 is 4.74 Å². The smallest absolute Gasteiger partial charge is 0.373 e. The van der Waals surface area contributed by atoms with Crippen LogP contribution in [-0.2, 0) is 17.6 Å². The molecule has 212 valence electrons. The van der Waals surface area contributed by atoms with Crippen molar-refractivity contribution in [3.05, 3.63) is 88.0 Å². The number of ether oxygens (including phenoxy) is 1. The predicted octanol–water partition coefficient (Wildman–Crippen LogP) is 9.11. The van der Waals surface area contributed by atoms with Crippen LogP contribution in [0.2, 0.25) is 0 Å². The van der Waals surface area contributed by atoms with Crippen molar-refractivity contribution in [3.8, 4) is 16.9 Å². The molecule has 0 aromatic heterocycles. The second-order valence-electron chi connectivity index (χ2n) is 8.75. The molecule has 39 heavy (non-hydrogen) atoms. The first-order chi connectivity index (χ1) is 18.3. The van der Waals surface area contributed by atoms with E-state index in [0.717, 1.165) is 30.7 Å². The monoisotopic (exact) mass is 572 g/mol. The molecule has 3 aromatic rings. The molecule has 0 amide bonds. The standard InChI is InChI=1S/C19H17F5O.C7H2F6O/c1-10-2-3-18(25-9-10)11-4-16(23)19(17(24)5-11)12-6-14(21)13(8-20)15(22)7-12;8-4-1-3(14-13)2-5(9)6(4)7(10,11)12/h4-7,10,18H,2-3,8-9H2,1H3;1-2H. The summed E-state index contributed by atoms with van der Waals surface area (Å²) in [4.78, 5) is 2.90. The number of alkyl halides is 4. The molecule has 1 aliphatic rings. The van der Waals surface area contributed by atoms with Crippen LogP contribution in [0, 0.1) is 40.8 Å². The van der Waals surface area contributed by atoms with Crippen LogP contribution in [0.4, 0.5) is 48.4 Å². The molecule has 0 saturated carbocycles. The molecule has 0 radical (unpaired) electrons. The van der Waals surface area contributed by atoms with Crippen molar-refractivity contribution < 1.29 is 58.1 Å². The third-order valence-electron chi connectivity index (χ3n) is 5.89. The fourth-order valence-electron chi connectivity index (χ4n) is 3.94. The first-order valence-electron chi connectivity index (χ1n) is 11.3. The Labute approximate surface area is 214 Å². The Morgan fingerprint density at radius 1 is 0.795 bits per heavy atom. The van der Waals surface area contributed by atoms with Crippen LogP contribution in [0.15, 0.2) is 36.4 Å². The van der Waals surface area contributed by atoms with Gasteiger partial charge in [0.25, 0.3) is 0 Å². The van der Waals surface area contributed by atoms with Crippen LogP contribution in [0.1, 0.15) is 42.6 Å². The average Bonchev–Trinajstić information content (AvgIpc) is 2.83. The average molecular weight is 572 g/mol. The lowest BCUT2D eigenvalue weighted by molar-refractivity contribution is -0.142. The first-order valence-corrected chi connectivity index (χ1v) is 11.3. The van der Waals surface area contributed by atoms with Crippen molar-refractivity contribution in [2.45, 2.75) is 38.7 Å². The number of halogens is 11. The van der Waals surface area contributed by atoms with E-state index in [0.29, 0.717) is 24.5 Å². The molecular formula is C26H19F11O2. The van der Waals surface area contributed by atoms with Gasteiger partial charge in [0.1, 0.15) is 47.1 Å². The van der Waals surface area contributed by atoms with E-state index in [-0.39, 0.29) is 17.7 Å². The van der Waals surface area contributed by atoms with Gasteiger partial charge in [-0.05, 0) is 54.2 Å². The van der Waals surface area contributed by atoms with Gasteiger partial charge in [-0.25, -0.2) is 30.7 Å². The molecule has 1 aliphatic heterocycles. The van der Waals surface area contributed by atoms with E-state index in [2.05, 4.69) is 4.94 Å². The third kappa shape index (κ3) is 7.00. The van der Waals surface area contributed by atoms with Gasteiger partial charge in [0, 0.05) is 23.3 Å². The molecule has 2 atom stereocenters. The second kappa shape index (κ2) is 12.2. The highest BCUT2D eigenvalue weighted by atomic mass is 19.4. The molecule has 1 heterocycles. The van der Waals surface area contributed by atoms with E-state index in [1.54, 1.807) is 0 Å². The Morgan fingerprint density at radius 2 is 1.33 bits per heavy atom. The maximum absolute atomic E-state index is 14.5. The van der Waals surface area contributed by atoms with Gasteiger partial charge in [-0.1, -0.05) is 6.92 Å². The summed E-state index contributed by atoms with van der Waals surface area (Å²) in [6, 6.07) is 3.92. The van der Waals surface area contributed by atoms with Gasteiger partial charge in [-0.3, -0.25) is 4.94 Å². The minimum Gasteiger partial charge on any atom is -0.373 e. The van der Waals surface area contributed by atoms with Crippen molar-refractivity contribution in [1.82, 2.24) is 0 Å². The van der Waals surface area contributed by atoms with Crippen molar-refractivity contribution in [3.63, 3.8) is 0 Å². The van der Waals surface area contributed by atoms with E-state index >= 15 is 0 Å². The molecular weight excluding hydrogens is 553 g/mol. The van der Waals surface area contributed by atoms with Gasteiger partial charge in [0.05, 0.1) is 17.2 Å². The molecule has 0 aliphatic carbocycles. The third-order valence-corrected chi connectivity index (χ3v) is 5.89. The molecule has 2 unspecified atom stereocenters. The largest absolute Gasteiger partial charge is 0.422 e. The predicted molar refractivity (Wildman–Crippen MR) is 117 cm³/mol. The van der Waals surface area contributed by atoms with Crippen molar-refractivity contribution in [1.29, 1.82) is 0 Å². The molecule has 0 N–H and O–H groups in total. The molecule has 3 aromatic carbocycles. The summed E-state index contributed by atoms with van der Waals surface area (Å²) in [5, 5.41) is 0. The van der Waals surface area contributed by atoms with Crippen molar-refractivity contribution in [2.24, 2.45) is 5.92 Å². The first kappa shape index (κ1) is 30.2. The molecule has 4 rings (SSSR count). The van der Waals surface area contributed by atoms with Gasteiger partial charge >= 0.3 is 6.18 Å². The summed E-state index contributed by atoms with van der Waals surface area (Å²) in [6.45, 7) is 1.21. The van der Waals surface area contributed by atoms with E-state index in [4.69, 9.17) is 4.74 Å². The number of hydrogen-bond donors (Lipinski definition) is 0. The Hall–Kier alpha value is -3.35. The zero-order valence-electron chi connectivity index (χ0n) is 19.9. The number of rotatable bonds is 4. The molecule has 0 spiro atoms. The van der Waals surface area contributed by atoms with Gasteiger partial charge in [0.2, 0.25) is 0 Å². The lowest BCUT2D eigenvalue weighted by atomic mass is 9.93. The summed E-state index contributed by atoms with van der Waals surface area (Å²) in [5.74, 6) is -8.66. The van der Waals surface area contributed by atoms with E-state index < -0.39 is 76.3 Å². The highest BCUT2D eigenvalue weighted by Crippen LogP contribution is 2.37. The number of benzene rings is 3. The second-order valence-corrected chi connectivity index (χ2v) is 8.75. The SMILES string of the molecule is CC1CCC(c2cc(F)c(-c3cc(F)c(CF)c(F)c3)c(F)c2)OC1.FOc1cc(F)c(C(F)(F)F)c(F)c1. The lowest BCUT2D eigenvalue weighted by Gasteiger charge is -2.27. The van der Waals surface area contributed by atoms with Crippen LogP contribution >= 0.6 is 0 Å². The zero-order chi connectivity index (χ0) is 29.1. The van der Waals surface area contributed by atoms with Crippen LogP contribution in [0.25, 0.3) is 11.1 Å². The van der Waals surface area contributed by atoms with Crippen LogP contribution in [0.3, 0.4) is 0 Å². The maximum Gasteiger partial charge on any atom is 0.422 e. The van der Waals surface area contributed by atoms with Crippen LogP contribution in [-0.4, -0.2) is 6.61 Å². The maximum atomic E-state index is 14.5. The highest BCUT2D eigenvalue weighted by molar-refractivity contribution is 5.66. The van der Waals surface area contributed by atoms with E-state index in [1.807, 2.05) is 6.92 Å². The summed E-state index contributed by atoms with van der Waals surface area (Å²) in [5.41, 5.74) is -3.33. The fraction of sp³-hybridized carbons (Fsp3) is 0.308. The quantitative estimate of drug-likeness (QED) is 0.291. The van der Waals surface area contributed by atoms with Gasteiger partial charge in [-0.2, -0.15) is 13.2 Å². The van der Waals surface area contributed by atoms with Gasteiger partial charge in [-0.15, -0.1) is 0 Å². The Morgan fingerprint density at radius 3 is 1.74 bits per heavy atom. The minimum atomic E-state index is -5.16. The van der Waals surface area contributed by atoms with Crippen molar-refractivity contribution >= 4 is 0 Å². The Balaban J connectivity index is 0.000000255. The summed E-state index contributed by atoms with van der Waals surface area (Å²) in [7, 11) is 0. The van der Waals surface area contributed by atoms with Crippen molar-refractivity contribution in [2.75, 3.05) is 6.61 Å².